The van der Waals surface area contributed by atoms with Gasteiger partial charge in [0.05, 0.1) is 9.40 Å². The van der Waals surface area contributed by atoms with Gasteiger partial charge >= 0.3 is 5.69 Å². The fraction of sp³-hybridized carbons (Fsp3) is 0.300. The predicted molar refractivity (Wildman–Crippen MR) is 65.1 cm³/mol. The summed E-state index contributed by atoms with van der Waals surface area (Å²) in [5.41, 5.74) is 0.400. The van der Waals surface area contributed by atoms with Gasteiger partial charge in [0, 0.05) is 19.2 Å². The number of nitro groups is 1. The highest BCUT2D eigenvalue weighted by molar-refractivity contribution is 9.10. The van der Waals surface area contributed by atoms with Gasteiger partial charge in [0.1, 0.15) is 11.9 Å². The molecule has 0 amide bonds. The second kappa shape index (κ2) is 6.08. The van der Waals surface area contributed by atoms with Crippen molar-refractivity contribution in [3.63, 3.8) is 0 Å². The highest BCUT2D eigenvalue weighted by Crippen LogP contribution is 2.30. The van der Waals surface area contributed by atoms with E-state index in [0.29, 0.717) is 23.1 Å². The minimum atomic E-state index is -0.467. The van der Waals surface area contributed by atoms with Gasteiger partial charge in [-0.25, -0.2) is 0 Å². The molecule has 0 aromatic carbocycles. The van der Waals surface area contributed by atoms with Crippen molar-refractivity contribution in [1.82, 2.24) is 4.98 Å². The van der Waals surface area contributed by atoms with Crippen LogP contribution < -0.4 is 5.32 Å². The van der Waals surface area contributed by atoms with Crippen molar-refractivity contribution in [3.05, 3.63) is 27.0 Å². The number of pyridine rings is 1. The number of aromatic nitrogens is 1. The van der Waals surface area contributed by atoms with Gasteiger partial charge in [-0.3, -0.25) is 15.1 Å². The third kappa shape index (κ3) is 3.21. The number of nitrogens with zero attached hydrogens (tertiary/aromatic N) is 2. The standard InChI is InChI=1S/C10H10BrN3O2/c1-2-3-4-5-13-10-8(11)6-12-7-9(10)14(15)16/h6-7H,4-5H2,1H3,(H,12,13). The summed E-state index contributed by atoms with van der Waals surface area (Å²) in [5, 5.41) is 13.7. The van der Waals surface area contributed by atoms with Crippen molar-refractivity contribution >= 4 is 27.3 Å². The molecule has 1 heterocycles. The molecule has 0 bridgehead atoms. The monoisotopic (exact) mass is 283 g/mol. The molecular formula is C10H10BrN3O2. The van der Waals surface area contributed by atoms with Gasteiger partial charge in [-0.05, 0) is 22.9 Å². The number of anilines is 1. The van der Waals surface area contributed by atoms with E-state index in [2.05, 4.69) is 38.1 Å². The third-order valence-electron chi connectivity index (χ3n) is 1.80. The first kappa shape index (κ1) is 12.5. The lowest BCUT2D eigenvalue weighted by Crippen LogP contribution is -2.04. The van der Waals surface area contributed by atoms with Crippen molar-refractivity contribution in [2.24, 2.45) is 0 Å². The first-order valence-corrected chi connectivity index (χ1v) is 5.37. The summed E-state index contributed by atoms with van der Waals surface area (Å²) in [6.07, 6.45) is 3.38. The molecule has 0 aliphatic rings. The van der Waals surface area contributed by atoms with Crippen molar-refractivity contribution in [3.8, 4) is 11.8 Å². The van der Waals surface area contributed by atoms with E-state index in [1.807, 2.05) is 0 Å². The largest absolute Gasteiger partial charge is 0.378 e. The van der Waals surface area contributed by atoms with E-state index >= 15 is 0 Å². The molecule has 0 spiro atoms. The zero-order valence-corrected chi connectivity index (χ0v) is 10.2. The van der Waals surface area contributed by atoms with Gasteiger partial charge in [0.25, 0.3) is 0 Å². The molecule has 16 heavy (non-hydrogen) atoms. The molecule has 1 aromatic rings. The molecule has 0 aliphatic heterocycles. The number of rotatable bonds is 4. The SMILES string of the molecule is CC#CCCNc1c(Br)cncc1[N+](=O)[O-]. The summed E-state index contributed by atoms with van der Waals surface area (Å²) in [6.45, 7) is 2.31. The van der Waals surface area contributed by atoms with Gasteiger partial charge in [-0.15, -0.1) is 11.8 Å². The van der Waals surface area contributed by atoms with Crippen LogP contribution in [0.4, 0.5) is 11.4 Å². The average molecular weight is 284 g/mol. The molecule has 1 aromatic heterocycles. The Kier molecular flexibility index (Phi) is 4.73. The number of hydrogen-bond acceptors (Lipinski definition) is 4. The molecule has 0 aliphatic carbocycles. The fourth-order valence-electron chi connectivity index (χ4n) is 1.11. The first-order valence-electron chi connectivity index (χ1n) is 4.58. The van der Waals surface area contributed by atoms with E-state index < -0.39 is 4.92 Å². The minimum absolute atomic E-state index is 0.0427. The smallest absolute Gasteiger partial charge is 0.311 e. The predicted octanol–water partition coefficient (Wildman–Crippen LogP) is 2.58. The van der Waals surface area contributed by atoms with Gasteiger partial charge in [-0.1, -0.05) is 0 Å². The number of nitrogens with one attached hydrogen (secondary N) is 1. The Balaban J connectivity index is 2.83. The van der Waals surface area contributed by atoms with Gasteiger partial charge in [0.15, 0.2) is 0 Å². The van der Waals surface area contributed by atoms with Crippen LogP contribution in [0.1, 0.15) is 13.3 Å². The summed E-state index contributed by atoms with van der Waals surface area (Å²) in [4.78, 5) is 14.0. The maximum absolute atomic E-state index is 10.7. The second-order valence-electron chi connectivity index (χ2n) is 2.88. The maximum atomic E-state index is 10.7. The molecule has 0 radical (unpaired) electrons. The van der Waals surface area contributed by atoms with E-state index in [1.54, 1.807) is 6.92 Å². The van der Waals surface area contributed by atoms with E-state index in [0.717, 1.165) is 0 Å². The molecule has 6 heteroatoms. The lowest BCUT2D eigenvalue weighted by molar-refractivity contribution is -0.384. The normalized spacial score (nSPS) is 9.12. The van der Waals surface area contributed by atoms with Crippen LogP contribution in [0.2, 0.25) is 0 Å². The molecule has 84 valence electrons. The quantitative estimate of drug-likeness (QED) is 0.399. The van der Waals surface area contributed by atoms with Crippen LogP contribution in [-0.2, 0) is 0 Å². The third-order valence-corrected chi connectivity index (χ3v) is 2.41. The van der Waals surface area contributed by atoms with Crippen LogP contribution in [0, 0.1) is 22.0 Å². The molecule has 0 fully saturated rings. The summed E-state index contributed by atoms with van der Waals surface area (Å²) in [7, 11) is 0. The number of halogens is 1. The lowest BCUT2D eigenvalue weighted by atomic mass is 10.3. The molecule has 0 unspecified atom stereocenters. The summed E-state index contributed by atoms with van der Waals surface area (Å²) >= 11 is 3.22. The van der Waals surface area contributed by atoms with Crippen LogP contribution in [0.3, 0.4) is 0 Å². The van der Waals surface area contributed by atoms with Crippen LogP contribution in [-0.4, -0.2) is 16.5 Å². The molecule has 0 saturated carbocycles. The molecule has 0 atom stereocenters. The number of hydrogen-bond donors (Lipinski definition) is 1. The van der Waals surface area contributed by atoms with Crippen LogP contribution in [0.25, 0.3) is 0 Å². The summed E-state index contributed by atoms with van der Waals surface area (Å²) in [5.74, 6) is 5.63. The zero-order chi connectivity index (χ0) is 12.0. The highest BCUT2D eigenvalue weighted by Gasteiger charge is 2.16. The van der Waals surface area contributed by atoms with Gasteiger partial charge < -0.3 is 5.32 Å². The second-order valence-corrected chi connectivity index (χ2v) is 3.73. The fourth-order valence-corrected chi connectivity index (χ4v) is 1.57. The van der Waals surface area contributed by atoms with Gasteiger partial charge in [-0.2, -0.15) is 0 Å². The van der Waals surface area contributed by atoms with Crippen molar-refractivity contribution in [1.29, 1.82) is 0 Å². The average Bonchev–Trinajstić information content (AvgIpc) is 2.25. The molecule has 1 rings (SSSR count). The van der Waals surface area contributed by atoms with E-state index in [1.165, 1.54) is 12.4 Å². The molecule has 1 N–H and O–H groups in total. The molecule has 5 nitrogen and oxygen atoms in total. The van der Waals surface area contributed by atoms with E-state index in [9.17, 15) is 10.1 Å². The highest BCUT2D eigenvalue weighted by atomic mass is 79.9. The molecule has 0 saturated heterocycles. The Morgan fingerprint density at radius 3 is 3.00 bits per heavy atom. The van der Waals surface area contributed by atoms with Crippen LogP contribution in [0.5, 0.6) is 0 Å². The summed E-state index contributed by atoms with van der Waals surface area (Å²) in [6, 6.07) is 0. The van der Waals surface area contributed by atoms with E-state index in [-0.39, 0.29) is 5.69 Å². The van der Waals surface area contributed by atoms with Crippen LogP contribution in [0.15, 0.2) is 16.9 Å². The maximum Gasteiger partial charge on any atom is 0.311 e. The first-order chi connectivity index (χ1) is 7.66. The van der Waals surface area contributed by atoms with E-state index in [4.69, 9.17) is 0 Å². The minimum Gasteiger partial charge on any atom is -0.378 e. The lowest BCUT2D eigenvalue weighted by Gasteiger charge is -2.06. The Labute approximate surface area is 102 Å². The Morgan fingerprint density at radius 2 is 2.38 bits per heavy atom. The Morgan fingerprint density at radius 1 is 1.62 bits per heavy atom. The Hall–Kier alpha value is -1.61. The topological polar surface area (TPSA) is 68.1 Å². The molecular weight excluding hydrogens is 274 g/mol. The van der Waals surface area contributed by atoms with Crippen molar-refractivity contribution < 1.29 is 4.92 Å². The Bertz CT molecular complexity index is 451. The van der Waals surface area contributed by atoms with Crippen LogP contribution >= 0.6 is 15.9 Å². The summed E-state index contributed by atoms with van der Waals surface area (Å²) < 4.78 is 0.575. The van der Waals surface area contributed by atoms with Crippen molar-refractivity contribution in [2.45, 2.75) is 13.3 Å². The van der Waals surface area contributed by atoms with Crippen molar-refractivity contribution in [2.75, 3.05) is 11.9 Å². The van der Waals surface area contributed by atoms with Gasteiger partial charge in [0.2, 0.25) is 0 Å². The zero-order valence-electron chi connectivity index (χ0n) is 8.66.